The summed E-state index contributed by atoms with van der Waals surface area (Å²) >= 11 is 0. The van der Waals surface area contributed by atoms with Crippen LogP contribution in [0.25, 0.3) is 0 Å². The molecule has 0 rings (SSSR count). The molecule has 0 atom stereocenters. The van der Waals surface area contributed by atoms with Crippen molar-refractivity contribution < 1.29 is 12.7 Å². The second-order valence-corrected chi connectivity index (χ2v) is 1.09. The Hall–Kier alpha value is 0.656. The Bertz CT molecular complexity index is 22.0. The smallest absolute Gasteiger partial charge is 1.00 e. The molecule has 1 N–H and O–H groups in total. The summed E-state index contributed by atoms with van der Waals surface area (Å²) < 4.78 is 0. The van der Waals surface area contributed by atoms with Crippen LogP contribution in [0.15, 0.2) is 0 Å². The maximum absolute atomic E-state index is 8.06. The van der Waals surface area contributed by atoms with Gasteiger partial charge in [-0.3, -0.25) is 4.70 Å². The number of rotatable bonds is 0. The van der Waals surface area contributed by atoms with E-state index in [0.29, 0.717) is 0 Å². The van der Waals surface area contributed by atoms with Crippen LogP contribution < -0.4 is 0 Å². The van der Waals surface area contributed by atoms with Gasteiger partial charge >= 0.3 is 23.1 Å². The molecule has 0 spiro atoms. The molecule has 0 aromatic rings. The maximum Gasteiger partial charge on any atom is 2.00 e. The fraction of sp³-hybridized carbons (Fsp3) is 1.00. The van der Waals surface area contributed by atoms with Gasteiger partial charge in [-0.2, -0.15) is 0 Å². The summed E-state index contributed by atoms with van der Waals surface area (Å²) in [5.41, 5.74) is 0. The molecule has 0 amide bonds. The van der Waals surface area contributed by atoms with Crippen LogP contribution in [-0.2, 0) is 0 Å². The summed E-state index contributed by atoms with van der Waals surface area (Å²) in [5.74, 6) is 0. The van der Waals surface area contributed by atoms with Crippen LogP contribution in [0.5, 0.6) is 0 Å². The van der Waals surface area contributed by atoms with Gasteiger partial charge in [-0.15, -0.1) is 0 Å². The second kappa shape index (κ2) is 9.17. The van der Waals surface area contributed by atoms with E-state index in [1.165, 1.54) is 0 Å². The van der Waals surface area contributed by atoms with Crippen molar-refractivity contribution in [3.8, 4) is 0 Å². The summed E-state index contributed by atoms with van der Waals surface area (Å²) in [7, 11) is 0. The number of halogens is 1. The minimum absolute atomic E-state index is 0. The number of aliphatic hydroxyl groups is 1. The van der Waals surface area contributed by atoms with Gasteiger partial charge in [0.25, 0.3) is 0 Å². The molecule has 0 bridgehead atoms. The first kappa shape index (κ1) is 15.9. The van der Waals surface area contributed by atoms with Gasteiger partial charge in [0, 0.05) is 6.10 Å². The van der Waals surface area contributed by atoms with Crippen LogP contribution in [-0.4, -0.2) is 34.3 Å². The molecule has 6 heavy (non-hydrogen) atoms. The fourth-order valence-corrected chi connectivity index (χ4v) is 0. The SMILES string of the molecule is CC(C)O.F.[H-].[H-].[Mg+2]. The topological polar surface area (TPSA) is 20.2 Å². The number of aliphatic hydroxyl groups excluding tert-OH is 1. The summed E-state index contributed by atoms with van der Waals surface area (Å²) in [5, 5.41) is 8.06. The van der Waals surface area contributed by atoms with Gasteiger partial charge in [0.2, 0.25) is 0 Å². The van der Waals surface area contributed by atoms with Gasteiger partial charge in [0.15, 0.2) is 0 Å². The maximum atomic E-state index is 8.06. The Morgan fingerprint density at radius 2 is 1.50 bits per heavy atom. The standard InChI is InChI=1S/C3H8O.FH.Mg.2H/c1-3(2)4;;;;/h3-4H,1-2H3;1H;;;/q;;+2;2*-1. The summed E-state index contributed by atoms with van der Waals surface area (Å²) in [6.45, 7) is 3.44. The van der Waals surface area contributed by atoms with Crippen LogP contribution >= 0.6 is 0 Å². The first-order valence-corrected chi connectivity index (χ1v) is 1.41. The number of hydrogen-bond acceptors (Lipinski definition) is 1. The molecule has 0 saturated heterocycles. The minimum Gasteiger partial charge on any atom is -1.00 e. The van der Waals surface area contributed by atoms with Crippen molar-refractivity contribution in [2.75, 3.05) is 0 Å². The molecule has 1 nitrogen and oxygen atoms in total. The van der Waals surface area contributed by atoms with Crippen LogP contribution in [0.4, 0.5) is 4.70 Å². The zero-order valence-corrected chi connectivity index (χ0v) is 5.55. The first-order valence-electron chi connectivity index (χ1n) is 1.41. The van der Waals surface area contributed by atoms with E-state index < -0.39 is 0 Å². The fourth-order valence-electron chi connectivity index (χ4n) is 0. The van der Waals surface area contributed by atoms with Gasteiger partial charge < -0.3 is 7.96 Å². The van der Waals surface area contributed by atoms with Crippen LogP contribution in [0.3, 0.4) is 0 Å². The third-order valence-corrected chi connectivity index (χ3v) is 0. The van der Waals surface area contributed by atoms with Crippen molar-refractivity contribution in [2.45, 2.75) is 20.0 Å². The molecule has 0 aromatic carbocycles. The van der Waals surface area contributed by atoms with E-state index in [1.807, 2.05) is 0 Å². The predicted octanol–water partition coefficient (Wildman–Crippen LogP) is 0.384. The second-order valence-electron chi connectivity index (χ2n) is 1.09. The molecule has 0 unspecified atom stereocenters. The van der Waals surface area contributed by atoms with E-state index in [1.54, 1.807) is 13.8 Å². The molecule has 0 aliphatic heterocycles. The summed E-state index contributed by atoms with van der Waals surface area (Å²) in [6.07, 6.45) is -0.167. The van der Waals surface area contributed by atoms with Crippen LogP contribution in [0.1, 0.15) is 16.7 Å². The average molecular weight is 106 g/mol. The summed E-state index contributed by atoms with van der Waals surface area (Å²) in [4.78, 5) is 0. The molecule has 0 fully saturated rings. The monoisotopic (exact) mass is 106 g/mol. The van der Waals surface area contributed by atoms with E-state index in [-0.39, 0.29) is 36.7 Å². The Kier molecular flexibility index (Phi) is 24.4. The zero-order valence-electron chi connectivity index (χ0n) is 6.14. The third-order valence-electron chi connectivity index (χ3n) is 0. The number of hydrogen-bond donors (Lipinski definition) is 1. The van der Waals surface area contributed by atoms with Gasteiger partial charge in [-0.25, -0.2) is 0 Å². The molecular formula is C3H11FMgO. The Balaban J connectivity index is -0.00000000750. The minimum atomic E-state index is -0.167. The van der Waals surface area contributed by atoms with Gasteiger partial charge in [-0.05, 0) is 13.8 Å². The zero-order chi connectivity index (χ0) is 3.58. The molecule has 0 saturated carbocycles. The molecular weight excluding hydrogens is 95.3 g/mol. The molecule has 38 valence electrons. The first-order chi connectivity index (χ1) is 1.73. The van der Waals surface area contributed by atoms with E-state index >= 15 is 0 Å². The van der Waals surface area contributed by atoms with Gasteiger partial charge in [-0.1, -0.05) is 0 Å². The van der Waals surface area contributed by atoms with Crippen molar-refractivity contribution in [2.24, 2.45) is 0 Å². The molecule has 0 aromatic heterocycles. The Morgan fingerprint density at radius 1 is 1.50 bits per heavy atom. The molecule has 0 aliphatic carbocycles. The van der Waals surface area contributed by atoms with Crippen LogP contribution in [0, 0.1) is 0 Å². The van der Waals surface area contributed by atoms with Crippen molar-refractivity contribution >= 4 is 23.1 Å². The van der Waals surface area contributed by atoms with E-state index in [0.717, 1.165) is 0 Å². The van der Waals surface area contributed by atoms with E-state index in [9.17, 15) is 0 Å². The molecule has 0 radical (unpaired) electrons. The van der Waals surface area contributed by atoms with Gasteiger partial charge in [0.05, 0.1) is 0 Å². The van der Waals surface area contributed by atoms with Crippen molar-refractivity contribution in [3.05, 3.63) is 0 Å². The average Bonchev–Trinajstić information content (AvgIpc) is 0.811. The van der Waals surface area contributed by atoms with Crippen molar-refractivity contribution in [3.63, 3.8) is 0 Å². The Labute approximate surface area is 56.2 Å². The van der Waals surface area contributed by atoms with Crippen LogP contribution in [0.2, 0.25) is 0 Å². The molecule has 0 heterocycles. The summed E-state index contributed by atoms with van der Waals surface area (Å²) in [6, 6.07) is 0. The van der Waals surface area contributed by atoms with Gasteiger partial charge in [0.1, 0.15) is 0 Å². The quantitative estimate of drug-likeness (QED) is 0.443. The predicted molar refractivity (Wildman–Crippen MR) is 27.8 cm³/mol. The largest absolute Gasteiger partial charge is 2.00 e. The normalized spacial score (nSPS) is 6.00. The van der Waals surface area contributed by atoms with Crippen molar-refractivity contribution in [1.82, 2.24) is 0 Å². The van der Waals surface area contributed by atoms with E-state index in [4.69, 9.17) is 5.11 Å². The Morgan fingerprint density at radius 3 is 1.50 bits per heavy atom. The van der Waals surface area contributed by atoms with Crippen molar-refractivity contribution in [1.29, 1.82) is 0 Å². The molecule has 0 aliphatic rings. The third kappa shape index (κ3) is 145. The van der Waals surface area contributed by atoms with E-state index in [2.05, 4.69) is 0 Å². The molecule has 3 heteroatoms.